The largest absolute Gasteiger partial charge is 0.422 e. The first-order valence-electron chi connectivity index (χ1n) is 10.8. The van der Waals surface area contributed by atoms with Crippen LogP contribution in [0.4, 0.5) is 30.7 Å². The van der Waals surface area contributed by atoms with Crippen molar-refractivity contribution in [2.24, 2.45) is 0 Å². The first-order valence-corrected chi connectivity index (χ1v) is 10.8. The topological polar surface area (TPSA) is 0 Å². The Hall–Kier alpha value is -3.27. The van der Waals surface area contributed by atoms with Crippen LogP contribution in [0.5, 0.6) is 0 Å². The van der Waals surface area contributed by atoms with Crippen molar-refractivity contribution in [3.05, 3.63) is 94.1 Å². The van der Waals surface area contributed by atoms with E-state index in [4.69, 9.17) is 0 Å². The molecule has 0 heterocycles. The zero-order chi connectivity index (χ0) is 24.9. The highest BCUT2D eigenvalue weighted by Crippen LogP contribution is 2.34. The second-order valence-corrected chi connectivity index (χ2v) is 7.89. The fraction of sp³-hybridized carbons (Fsp3) is 0.259. The second-order valence-electron chi connectivity index (χ2n) is 7.89. The number of alkyl halides is 3. The third-order valence-corrected chi connectivity index (χ3v) is 5.31. The van der Waals surface area contributed by atoms with E-state index in [2.05, 4.69) is 18.8 Å². The smallest absolute Gasteiger partial charge is 0.206 e. The second kappa shape index (κ2) is 10.8. The number of hydrogen-bond donors (Lipinski definition) is 0. The monoisotopic (exact) mass is 478 g/mol. The van der Waals surface area contributed by atoms with E-state index in [9.17, 15) is 30.7 Å². The van der Waals surface area contributed by atoms with Crippen molar-refractivity contribution >= 4 is 0 Å². The van der Waals surface area contributed by atoms with Gasteiger partial charge in [-0.3, -0.25) is 0 Å². The van der Waals surface area contributed by atoms with Crippen molar-refractivity contribution in [1.29, 1.82) is 0 Å². The first-order chi connectivity index (χ1) is 16.1. The summed E-state index contributed by atoms with van der Waals surface area (Å²) < 4.78 is 94.5. The Balaban J connectivity index is 1.82. The number of aryl methyl sites for hydroxylation is 1. The van der Waals surface area contributed by atoms with Gasteiger partial charge < -0.3 is 0 Å². The Morgan fingerprint density at radius 1 is 0.676 bits per heavy atom. The van der Waals surface area contributed by atoms with Gasteiger partial charge in [0, 0.05) is 5.56 Å². The Kier molecular flexibility index (Phi) is 8.03. The molecule has 0 nitrogen and oxygen atoms in total. The molecule has 0 bridgehead atoms. The van der Waals surface area contributed by atoms with Crippen LogP contribution < -0.4 is 0 Å². The summed E-state index contributed by atoms with van der Waals surface area (Å²) in [5.74, 6) is -1.48. The summed E-state index contributed by atoms with van der Waals surface area (Å²) in [6.07, 6.45) is 0.229. The van der Waals surface area contributed by atoms with Gasteiger partial charge in [0.25, 0.3) is 0 Å². The van der Waals surface area contributed by atoms with E-state index in [-0.39, 0.29) is 5.56 Å². The predicted octanol–water partition coefficient (Wildman–Crippen LogP) is 8.45. The SMILES string of the molecule is CCCCCCc1ccc(-c2cc(F)c(C#Cc3cc(F)c(C(F)(F)F)c(F)c3)c(F)c2)cc1. The third-order valence-electron chi connectivity index (χ3n) is 5.31. The van der Waals surface area contributed by atoms with Crippen LogP contribution in [-0.4, -0.2) is 0 Å². The summed E-state index contributed by atoms with van der Waals surface area (Å²) in [5, 5.41) is 0. The summed E-state index contributed by atoms with van der Waals surface area (Å²) in [6, 6.07) is 10.2. The van der Waals surface area contributed by atoms with Crippen molar-refractivity contribution in [2.45, 2.75) is 45.2 Å². The van der Waals surface area contributed by atoms with Gasteiger partial charge in [-0.2, -0.15) is 13.2 Å². The van der Waals surface area contributed by atoms with Crippen LogP contribution in [0.25, 0.3) is 11.1 Å². The van der Waals surface area contributed by atoms with Crippen LogP contribution in [0.2, 0.25) is 0 Å². The van der Waals surface area contributed by atoms with Gasteiger partial charge in [0.05, 0.1) is 5.56 Å². The lowest BCUT2D eigenvalue weighted by atomic mass is 9.99. The maximum Gasteiger partial charge on any atom is 0.422 e. The van der Waals surface area contributed by atoms with Crippen molar-refractivity contribution < 1.29 is 30.7 Å². The number of halogens is 7. The van der Waals surface area contributed by atoms with Gasteiger partial charge in [-0.25, -0.2) is 17.6 Å². The Bertz CT molecular complexity index is 1170. The highest BCUT2D eigenvalue weighted by atomic mass is 19.4. The van der Waals surface area contributed by atoms with Gasteiger partial charge in [0.1, 0.15) is 28.8 Å². The fourth-order valence-electron chi connectivity index (χ4n) is 3.53. The molecule has 34 heavy (non-hydrogen) atoms. The van der Waals surface area contributed by atoms with Crippen molar-refractivity contribution in [1.82, 2.24) is 0 Å². The average molecular weight is 478 g/mol. The number of hydrogen-bond acceptors (Lipinski definition) is 0. The van der Waals surface area contributed by atoms with Gasteiger partial charge in [-0.05, 0) is 53.8 Å². The van der Waals surface area contributed by atoms with Gasteiger partial charge in [-0.15, -0.1) is 0 Å². The molecular formula is C27H21F7. The molecule has 3 rings (SSSR count). The van der Waals surface area contributed by atoms with E-state index in [1.807, 2.05) is 12.1 Å². The number of unbranched alkanes of at least 4 members (excludes halogenated alkanes) is 3. The van der Waals surface area contributed by atoms with E-state index in [0.29, 0.717) is 17.7 Å². The average Bonchev–Trinajstić information content (AvgIpc) is 2.75. The fourth-order valence-corrected chi connectivity index (χ4v) is 3.53. The standard InChI is InChI=1S/C27H21F7/c1-2-3-4-5-6-17-7-10-19(11-8-17)20-15-22(28)21(23(29)16-20)12-9-18-13-24(30)26(25(31)14-18)27(32,33)34/h7-8,10-11,13-16H,2-6H2,1H3. The molecule has 7 heteroatoms. The summed E-state index contributed by atoms with van der Waals surface area (Å²) in [4.78, 5) is 0. The zero-order valence-corrected chi connectivity index (χ0v) is 18.3. The molecule has 0 aliphatic heterocycles. The highest BCUT2D eigenvalue weighted by Gasteiger charge is 2.37. The molecule has 178 valence electrons. The first kappa shape index (κ1) is 25.4. The van der Waals surface area contributed by atoms with Crippen molar-refractivity contribution in [3.8, 4) is 23.0 Å². The zero-order valence-electron chi connectivity index (χ0n) is 18.3. The number of rotatable bonds is 6. The Morgan fingerprint density at radius 3 is 1.79 bits per heavy atom. The van der Waals surface area contributed by atoms with E-state index in [1.54, 1.807) is 12.1 Å². The van der Waals surface area contributed by atoms with Crippen LogP contribution in [0.15, 0.2) is 48.5 Å². The van der Waals surface area contributed by atoms with Gasteiger partial charge in [0.15, 0.2) is 0 Å². The molecule has 0 atom stereocenters. The molecular weight excluding hydrogens is 457 g/mol. The molecule has 0 aromatic heterocycles. The molecule has 0 amide bonds. The van der Waals surface area contributed by atoms with Crippen LogP contribution in [0.3, 0.4) is 0 Å². The molecule has 0 fully saturated rings. The summed E-state index contributed by atoms with van der Waals surface area (Å²) in [6.45, 7) is 2.14. The molecule has 0 radical (unpaired) electrons. The lowest BCUT2D eigenvalue weighted by Gasteiger charge is -2.09. The van der Waals surface area contributed by atoms with Gasteiger partial charge in [-0.1, -0.05) is 62.3 Å². The van der Waals surface area contributed by atoms with E-state index in [0.717, 1.165) is 43.4 Å². The van der Waals surface area contributed by atoms with Gasteiger partial charge in [0.2, 0.25) is 0 Å². The molecule has 0 saturated carbocycles. The minimum Gasteiger partial charge on any atom is -0.206 e. The normalized spacial score (nSPS) is 11.3. The summed E-state index contributed by atoms with van der Waals surface area (Å²) in [5.41, 5.74) is -1.19. The van der Waals surface area contributed by atoms with Crippen LogP contribution in [0.1, 0.15) is 54.9 Å². The van der Waals surface area contributed by atoms with Gasteiger partial charge >= 0.3 is 6.18 Å². The van der Waals surface area contributed by atoms with Crippen molar-refractivity contribution in [3.63, 3.8) is 0 Å². The molecule has 0 aliphatic rings. The highest BCUT2D eigenvalue weighted by molar-refractivity contribution is 5.65. The molecule has 0 aliphatic carbocycles. The minimum atomic E-state index is -5.22. The molecule has 0 unspecified atom stereocenters. The lowest BCUT2D eigenvalue weighted by molar-refractivity contribution is -0.142. The predicted molar refractivity (Wildman–Crippen MR) is 117 cm³/mol. The Morgan fingerprint density at radius 2 is 1.26 bits per heavy atom. The van der Waals surface area contributed by atoms with Crippen LogP contribution in [0, 0.1) is 35.1 Å². The lowest BCUT2D eigenvalue weighted by Crippen LogP contribution is -2.11. The van der Waals surface area contributed by atoms with Crippen LogP contribution >= 0.6 is 0 Å². The third kappa shape index (κ3) is 6.19. The summed E-state index contributed by atoms with van der Waals surface area (Å²) in [7, 11) is 0. The minimum absolute atomic E-state index is 0.282. The molecule has 0 spiro atoms. The van der Waals surface area contributed by atoms with E-state index >= 15 is 0 Å². The van der Waals surface area contributed by atoms with Crippen LogP contribution in [-0.2, 0) is 12.6 Å². The number of benzene rings is 3. The maximum absolute atomic E-state index is 14.6. The van der Waals surface area contributed by atoms with E-state index < -0.39 is 46.1 Å². The maximum atomic E-state index is 14.6. The molecule has 0 N–H and O–H groups in total. The van der Waals surface area contributed by atoms with E-state index in [1.165, 1.54) is 6.42 Å². The van der Waals surface area contributed by atoms with Crippen molar-refractivity contribution in [2.75, 3.05) is 0 Å². The molecule has 0 saturated heterocycles. The molecule has 3 aromatic carbocycles. The molecule has 3 aromatic rings. The summed E-state index contributed by atoms with van der Waals surface area (Å²) >= 11 is 0. The Labute approximate surface area is 193 Å². The quantitative estimate of drug-likeness (QED) is 0.189.